The smallest absolute Gasteiger partial charge is 0.266 e. The van der Waals surface area contributed by atoms with E-state index in [1.807, 2.05) is 61.5 Å². The molecule has 2 fully saturated rings. The molecule has 0 bridgehead atoms. The van der Waals surface area contributed by atoms with Gasteiger partial charge in [0, 0.05) is 10.0 Å². The van der Waals surface area contributed by atoms with E-state index < -0.39 is 24.0 Å². The fraction of sp³-hybridized carbons (Fsp3) is 0.231. The molecule has 3 atom stereocenters. The quantitative estimate of drug-likeness (QED) is 0.428. The molecule has 3 aromatic rings. The van der Waals surface area contributed by atoms with Crippen LogP contribution in [-0.4, -0.2) is 31.6 Å². The number of rotatable bonds is 6. The van der Waals surface area contributed by atoms with Crippen LogP contribution in [0.2, 0.25) is 0 Å². The Kier molecular flexibility index (Phi) is 6.02. The fourth-order valence-electron chi connectivity index (χ4n) is 4.62. The number of hydrogen-bond acceptors (Lipinski definition) is 6. The van der Waals surface area contributed by atoms with Gasteiger partial charge in [0.25, 0.3) is 5.91 Å². The van der Waals surface area contributed by atoms with Crippen molar-refractivity contribution in [1.29, 1.82) is 0 Å². The zero-order valence-corrected chi connectivity index (χ0v) is 20.3. The minimum absolute atomic E-state index is 0.340. The zero-order chi connectivity index (χ0) is 23.8. The van der Waals surface area contributed by atoms with Crippen LogP contribution in [0.3, 0.4) is 0 Å². The summed E-state index contributed by atoms with van der Waals surface area (Å²) in [7, 11) is 1.58. The van der Waals surface area contributed by atoms with Gasteiger partial charge in [0.05, 0.1) is 31.1 Å². The van der Waals surface area contributed by atoms with Crippen molar-refractivity contribution in [1.82, 2.24) is 0 Å². The molecule has 34 heavy (non-hydrogen) atoms. The van der Waals surface area contributed by atoms with E-state index >= 15 is 0 Å². The molecule has 0 spiro atoms. The average molecular weight is 523 g/mol. The molecule has 2 heterocycles. The number of halogens is 1. The third kappa shape index (κ3) is 3.63. The van der Waals surface area contributed by atoms with Crippen LogP contribution in [0.1, 0.15) is 18.5 Å². The van der Waals surface area contributed by atoms with E-state index in [2.05, 4.69) is 15.9 Å². The van der Waals surface area contributed by atoms with Crippen LogP contribution >= 0.6 is 15.9 Å². The average Bonchev–Trinajstić information content (AvgIpc) is 3.36. The molecular weight excluding hydrogens is 500 g/mol. The number of hydrogen-bond donors (Lipinski definition) is 0. The first-order chi connectivity index (χ1) is 16.5. The minimum atomic E-state index is -0.976. The molecule has 5 rings (SSSR count). The summed E-state index contributed by atoms with van der Waals surface area (Å²) in [6, 6.07) is 21.5. The van der Waals surface area contributed by atoms with Crippen molar-refractivity contribution in [3.8, 4) is 11.5 Å². The van der Waals surface area contributed by atoms with E-state index in [1.54, 1.807) is 30.4 Å². The Labute approximate surface area is 205 Å². The SMILES string of the molecule is CCOc1ccccc1N1C(=O)[C@H]2[C@H](ON(c3ccccc3)[C@@H]2c2cc(Br)ccc2OC)C1=O. The van der Waals surface area contributed by atoms with Crippen LogP contribution in [0.5, 0.6) is 11.5 Å². The van der Waals surface area contributed by atoms with E-state index in [9.17, 15) is 9.59 Å². The molecule has 0 aromatic heterocycles. The van der Waals surface area contributed by atoms with E-state index in [4.69, 9.17) is 14.3 Å². The van der Waals surface area contributed by atoms with E-state index in [0.29, 0.717) is 23.8 Å². The van der Waals surface area contributed by atoms with Gasteiger partial charge >= 0.3 is 0 Å². The van der Waals surface area contributed by atoms with Crippen molar-refractivity contribution < 1.29 is 23.9 Å². The van der Waals surface area contributed by atoms with Crippen molar-refractivity contribution in [2.24, 2.45) is 5.92 Å². The Morgan fingerprint density at radius 2 is 1.68 bits per heavy atom. The summed E-state index contributed by atoms with van der Waals surface area (Å²) >= 11 is 3.53. The first-order valence-electron chi connectivity index (χ1n) is 11.0. The number of ether oxygens (including phenoxy) is 2. The Bertz CT molecular complexity index is 1230. The van der Waals surface area contributed by atoms with Crippen LogP contribution < -0.4 is 19.4 Å². The Hall–Kier alpha value is -3.36. The summed E-state index contributed by atoms with van der Waals surface area (Å²) in [6.45, 7) is 2.27. The molecule has 0 saturated carbocycles. The lowest BCUT2D eigenvalue weighted by molar-refractivity contribution is -0.126. The largest absolute Gasteiger partial charge is 0.496 e. The van der Waals surface area contributed by atoms with Gasteiger partial charge in [-0.2, -0.15) is 0 Å². The van der Waals surface area contributed by atoms with Gasteiger partial charge in [0.1, 0.15) is 17.4 Å². The van der Waals surface area contributed by atoms with Crippen LogP contribution in [0.15, 0.2) is 77.3 Å². The van der Waals surface area contributed by atoms with Crippen LogP contribution in [0.4, 0.5) is 11.4 Å². The maximum atomic E-state index is 13.9. The summed E-state index contributed by atoms with van der Waals surface area (Å²) in [4.78, 5) is 34.9. The van der Waals surface area contributed by atoms with Gasteiger partial charge in [-0.3, -0.25) is 14.4 Å². The monoisotopic (exact) mass is 522 g/mol. The van der Waals surface area contributed by atoms with Crippen molar-refractivity contribution in [3.05, 3.63) is 82.8 Å². The number of benzene rings is 3. The fourth-order valence-corrected chi connectivity index (χ4v) is 5.00. The number of fused-ring (bicyclic) bond motifs is 1. The number of carbonyl (C=O) groups excluding carboxylic acids is 2. The highest BCUT2D eigenvalue weighted by molar-refractivity contribution is 9.10. The van der Waals surface area contributed by atoms with Gasteiger partial charge < -0.3 is 9.47 Å². The third-order valence-electron chi connectivity index (χ3n) is 6.04. The maximum absolute atomic E-state index is 13.9. The second-order valence-corrected chi connectivity index (χ2v) is 8.87. The topological polar surface area (TPSA) is 68.3 Å². The summed E-state index contributed by atoms with van der Waals surface area (Å²) in [5.41, 5.74) is 1.91. The molecule has 2 aliphatic rings. The molecule has 2 amide bonds. The molecule has 8 heteroatoms. The van der Waals surface area contributed by atoms with Gasteiger partial charge in [-0.25, -0.2) is 9.96 Å². The number of amides is 2. The lowest BCUT2D eigenvalue weighted by Crippen LogP contribution is -2.37. The van der Waals surface area contributed by atoms with Gasteiger partial charge in [0.2, 0.25) is 5.91 Å². The zero-order valence-electron chi connectivity index (χ0n) is 18.7. The number of imide groups is 1. The predicted octanol–water partition coefficient (Wildman–Crippen LogP) is 4.91. The molecule has 7 nitrogen and oxygen atoms in total. The Morgan fingerprint density at radius 1 is 0.941 bits per heavy atom. The molecule has 0 unspecified atom stereocenters. The molecule has 0 N–H and O–H groups in total. The van der Waals surface area contributed by atoms with E-state index in [0.717, 1.165) is 15.7 Å². The van der Waals surface area contributed by atoms with Gasteiger partial charge in [0.15, 0.2) is 6.10 Å². The molecule has 2 saturated heterocycles. The number of anilines is 2. The second-order valence-electron chi connectivity index (χ2n) is 7.96. The Balaban J connectivity index is 1.63. The minimum Gasteiger partial charge on any atom is -0.496 e. The number of methoxy groups -OCH3 is 1. The number of para-hydroxylation sites is 3. The van der Waals surface area contributed by atoms with Gasteiger partial charge in [-0.05, 0) is 49.4 Å². The predicted molar refractivity (Wildman–Crippen MR) is 131 cm³/mol. The van der Waals surface area contributed by atoms with Crippen LogP contribution in [0.25, 0.3) is 0 Å². The summed E-state index contributed by atoms with van der Waals surface area (Å²) in [6.07, 6.45) is -0.976. The van der Waals surface area contributed by atoms with Crippen molar-refractivity contribution in [3.63, 3.8) is 0 Å². The summed E-state index contributed by atoms with van der Waals surface area (Å²) in [5.74, 6) is -0.451. The van der Waals surface area contributed by atoms with Gasteiger partial charge in [-0.15, -0.1) is 0 Å². The number of hydroxylamine groups is 1. The maximum Gasteiger partial charge on any atom is 0.266 e. The van der Waals surface area contributed by atoms with Crippen molar-refractivity contribution >= 4 is 39.1 Å². The molecule has 3 aromatic carbocycles. The highest BCUT2D eigenvalue weighted by Gasteiger charge is 2.61. The molecule has 0 radical (unpaired) electrons. The lowest BCUT2D eigenvalue weighted by Gasteiger charge is -2.30. The standard InChI is InChI=1S/C26H23BrN2O5/c1-3-33-21-12-8-7-11-19(21)28-25(30)22-23(18-15-16(27)13-14-20(18)32-2)29(34-24(22)26(28)31)17-9-5-4-6-10-17/h4-15,22-24H,3H2,1-2H3/t22-,23-,24+/m1/s1. The van der Waals surface area contributed by atoms with E-state index in [-0.39, 0.29) is 5.91 Å². The number of carbonyl (C=O) groups is 2. The van der Waals surface area contributed by atoms with Crippen molar-refractivity contribution in [2.75, 3.05) is 23.7 Å². The molecule has 174 valence electrons. The van der Waals surface area contributed by atoms with Crippen molar-refractivity contribution in [2.45, 2.75) is 19.1 Å². The molecule has 0 aliphatic carbocycles. The summed E-state index contributed by atoms with van der Waals surface area (Å²) in [5, 5.41) is 1.65. The lowest BCUT2D eigenvalue weighted by atomic mass is 9.90. The second kappa shape index (κ2) is 9.12. The first kappa shape index (κ1) is 22.4. The van der Waals surface area contributed by atoms with Crippen LogP contribution in [0, 0.1) is 5.92 Å². The highest BCUT2D eigenvalue weighted by Crippen LogP contribution is 2.50. The number of nitrogens with zero attached hydrogens (tertiary/aromatic N) is 2. The van der Waals surface area contributed by atoms with Crippen LogP contribution in [-0.2, 0) is 14.4 Å². The molecular formula is C26H23BrN2O5. The van der Waals surface area contributed by atoms with Gasteiger partial charge in [-0.1, -0.05) is 46.3 Å². The third-order valence-corrected chi connectivity index (χ3v) is 6.54. The molecule has 2 aliphatic heterocycles. The first-order valence-corrected chi connectivity index (χ1v) is 11.8. The summed E-state index contributed by atoms with van der Waals surface area (Å²) < 4.78 is 12.2. The highest BCUT2D eigenvalue weighted by atomic mass is 79.9. The van der Waals surface area contributed by atoms with E-state index in [1.165, 1.54) is 4.90 Å². The normalized spacial score (nSPS) is 21.7. The Morgan fingerprint density at radius 3 is 2.41 bits per heavy atom.